The molecule has 2 aromatic carbocycles. The molecule has 0 heterocycles. The molecular formula is C20H25NO. The van der Waals surface area contributed by atoms with Gasteiger partial charge in [-0.15, -0.1) is 0 Å². The number of hydrogen-bond donors (Lipinski definition) is 1. The van der Waals surface area contributed by atoms with E-state index in [1.807, 2.05) is 32.0 Å². The lowest BCUT2D eigenvalue weighted by Crippen LogP contribution is -2.29. The van der Waals surface area contributed by atoms with Crippen molar-refractivity contribution in [2.24, 2.45) is 0 Å². The monoisotopic (exact) mass is 295 g/mol. The van der Waals surface area contributed by atoms with Crippen molar-refractivity contribution in [1.82, 2.24) is 5.32 Å². The number of carbonyl (C=O) groups is 1. The standard InChI is InChI=1S/C20H25NO/c1-6-19(17-10-8-13(2)11-16(17)5)21-20(22)18-12-14(3)7-9-15(18)4/h7-12,19H,6H2,1-5H3,(H,21,22)/t19-/m1/s1. The molecule has 0 bridgehead atoms. The van der Waals surface area contributed by atoms with E-state index in [0.717, 1.165) is 23.1 Å². The van der Waals surface area contributed by atoms with E-state index in [9.17, 15) is 4.79 Å². The molecule has 2 aromatic rings. The molecule has 0 spiro atoms. The number of aryl methyl sites for hydroxylation is 4. The Balaban J connectivity index is 2.26. The van der Waals surface area contributed by atoms with Gasteiger partial charge in [-0.25, -0.2) is 0 Å². The van der Waals surface area contributed by atoms with Gasteiger partial charge in [-0.05, 0) is 56.9 Å². The quantitative estimate of drug-likeness (QED) is 0.862. The summed E-state index contributed by atoms with van der Waals surface area (Å²) >= 11 is 0. The first kappa shape index (κ1) is 16.3. The van der Waals surface area contributed by atoms with E-state index in [2.05, 4.69) is 44.3 Å². The zero-order valence-corrected chi connectivity index (χ0v) is 14.2. The average Bonchev–Trinajstić information content (AvgIpc) is 2.47. The Labute approximate surface area is 133 Å². The third-order valence-corrected chi connectivity index (χ3v) is 4.15. The number of benzene rings is 2. The Morgan fingerprint density at radius 2 is 1.59 bits per heavy atom. The highest BCUT2D eigenvalue weighted by molar-refractivity contribution is 5.96. The largest absolute Gasteiger partial charge is 0.345 e. The Kier molecular flexibility index (Phi) is 5.02. The van der Waals surface area contributed by atoms with Gasteiger partial charge in [0.15, 0.2) is 0 Å². The van der Waals surface area contributed by atoms with Gasteiger partial charge in [0, 0.05) is 5.56 Å². The van der Waals surface area contributed by atoms with Crippen molar-refractivity contribution in [2.45, 2.75) is 47.1 Å². The van der Waals surface area contributed by atoms with Crippen molar-refractivity contribution < 1.29 is 4.79 Å². The molecule has 0 aliphatic carbocycles. The fraction of sp³-hybridized carbons (Fsp3) is 0.350. The third kappa shape index (κ3) is 3.56. The topological polar surface area (TPSA) is 29.1 Å². The number of hydrogen-bond acceptors (Lipinski definition) is 1. The zero-order valence-electron chi connectivity index (χ0n) is 14.2. The van der Waals surface area contributed by atoms with Crippen molar-refractivity contribution in [2.75, 3.05) is 0 Å². The van der Waals surface area contributed by atoms with Crippen LogP contribution >= 0.6 is 0 Å². The summed E-state index contributed by atoms with van der Waals surface area (Å²) in [6.45, 7) is 10.3. The van der Waals surface area contributed by atoms with E-state index in [1.54, 1.807) is 0 Å². The summed E-state index contributed by atoms with van der Waals surface area (Å²) in [6.07, 6.45) is 0.876. The lowest BCUT2D eigenvalue weighted by atomic mass is 9.96. The minimum Gasteiger partial charge on any atom is -0.345 e. The van der Waals surface area contributed by atoms with Crippen LogP contribution in [0.5, 0.6) is 0 Å². The van der Waals surface area contributed by atoms with Gasteiger partial charge in [0.05, 0.1) is 6.04 Å². The Bertz CT molecular complexity index is 688. The predicted molar refractivity (Wildman–Crippen MR) is 92.3 cm³/mol. The van der Waals surface area contributed by atoms with E-state index >= 15 is 0 Å². The fourth-order valence-corrected chi connectivity index (χ4v) is 2.83. The van der Waals surface area contributed by atoms with Crippen LogP contribution in [0.1, 0.15) is 57.6 Å². The molecule has 2 rings (SSSR count). The van der Waals surface area contributed by atoms with E-state index < -0.39 is 0 Å². The minimum atomic E-state index is 0.00743. The zero-order chi connectivity index (χ0) is 16.3. The highest BCUT2D eigenvalue weighted by Crippen LogP contribution is 2.22. The summed E-state index contributed by atoms with van der Waals surface area (Å²) in [5.74, 6) is 0.00743. The van der Waals surface area contributed by atoms with E-state index in [0.29, 0.717) is 0 Å². The van der Waals surface area contributed by atoms with E-state index in [-0.39, 0.29) is 11.9 Å². The van der Waals surface area contributed by atoms with Gasteiger partial charge >= 0.3 is 0 Å². The van der Waals surface area contributed by atoms with Crippen molar-refractivity contribution in [3.63, 3.8) is 0 Å². The van der Waals surface area contributed by atoms with Gasteiger partial charge in [-0.3, -0.25) is 4.79 Å². The maximum absolute atomic E-state index is 12.6. The maximum atomic E-state index is 12.6. The maximum Gasteiger partial charge on any atom is 0.252 e. The molecule has 1 atom stereocenters. The summed E-state index contributed by atoms with van der Waals surface area (Å²) in [5.41, 5.74) is 6.56. The summed E-state index contributed by atoms with van der Waals surface area (Å²) in [5, 5.41) is 3.19. The van der Waals surface area contributed by atoms with Crippen LogP contribution in [0.2, 0.25) is 0 Å². The van der Waals surface area contributed by atoms with Gasteiger partial charge in [0.1, 0.15) is 0 Å². The lowest BCUT2D eigenvalue weighted by molar-refractivity contribution is 0.0935. The molecule has 1 amide bonds. The fourth-order valence-electron chi connectivity index (χ4n) is 2.83. The van der Waals surface area contributed by atoms with Crippen LogP contribution in [0.25, 0.3) is 0 Å². The molecule has 0 saturated carbocycles. The molecule has 0 aliphatic heterocycles. The van der Waals surface area contributed by atoms with Crippen LogP contribution in [0.4, 0.5) is 0 Å². The van der Waals surface area contributed by atoms with Gasteiger partial charge in [0.25, 0.3) is 5.91 Å². The molecule has 0 radical (unpaired) electrons. The lowest BCUT2D eigenvalue weighted by Gasteiger charge is -2.20. The van der Waals surface area contributed by atoms with Crippen molar-refractivity contribution in [3.05, 3.63) is 69.8 Å². The Hall–Kier alpha value is -2.09. The molecule has 116 valence electrons. The van der Waals surface area contributed by atoms with Gasteiger partial charge < -0.3 is 5.32 Å². The van der Waals surface area contributed by atoms with Crippen molar-refractivity contribution in [3.8, 4) is 0 Å². The molecule has 1 N–H and O–H groups in total. The molecule has 0 unspecified atom stereocenters. The van der Waals surface area contributed by atoms with Crippen LogP contribution in [-0.4, -0.2) is 5.91 Å². The van der Waals surface area contributed by atoms with Gasteiger partial charge in [-0.1, -0.05) is 48.4 Å². The van der Waals surface area contributed by atoms with E-state index in [1.165, 1.54) is 16.7 Å². The smallest absolute Gasteiger partial charge is 0.252 e. The van der Waals surface area contributed by atoms with Crippen LogP contribution in [0, 0.1) is 27.7 Å². The first-order valence-electron chi connectivity index (χ1n) is 7.87. The highest BCUT2D eigenvalue weighted by Gasteiger charge is 2.17. The Morgan fingerprint density at radius 1 is 0.955 bits per heavy atom. The van der Waals surface area contributed by atoms with Gasteiger partial charge in [0.2, 0.25) is 0 Å². The number of rotatable bonds is 4. The number of nitrogens with one attached hydrogen (secondary N) is 1. The first-order chi connectivity index (χ1) is 10.4. The summed E-state index contributed by atoms with van der Waals surface area (Å²) < 4.78 is 0. The predicted octanol–water partition coefficient (Wildman–Crippen LogP) is 4.80. The second kappa shape index (κ2) is 6.78. The van der Waals surface area contributed by atoms with Crippen LogP contribution < -0.4 is 5.32 Å². The normalized spacial score (nSPS) is 12.0. The van der Waals surface area contributed by atoms with Crippen LogP contribution in [0.15, 0.2) is 36.4 Å². The SMILES string of the molecule is CC[C@@H](NC(=O)c1cc(C)ccc1C)c1ccc(C)cc1C. The van der Waals surface area contributed by atoms with Crippen molar-refractivity contribution >= 4 is 5.91 Å². The molecule has 2 heteroatoms. The Morgan fingerprint density at radius 3 is 2.23 bits per heavy atom. The van der Waals surface area contributed by atoms with Gasteiger partial charge in [-0.2, -0.15) is 0 Å². The second-order valence-electron chi connectivity index (χ2n) is 6.11. The minimum absolute atomic E-state index is 0.00743. The third-order valence-electron chi connectivity index (χ3n) is 4.15. The van der Waals surface area contributed by atoms with E-state index in [4.69, 9.17) is 0 Å². The molecule has 0 aromatic heterocycles. The van der Waals surface area contributed by atoms with Crippen LogP contribution in [0.3, 0.4) is 0 Å². The molecule has 22 heavy (non-hydrogen) atoms. The highest BCUT2D eigenvalue weighted by atomic mass is 16.1. The molecule has 0 fully saturated rings. The average molecular weight is 295 g/mol. The van der Waals surface area contributed by atoms with Crippen LogP contribution in [-0.2, 0) is 0 Å². The molecule has 2 nitrogen and oxygen atoms in total. The summed E-state index contributed by atoms with van der Waals surface area (Å²) in [7, 11) is 0. The molecule has 0 saturated heterocycles. The summed E-state index contributed by atoms with van der Waals surface area (Å²) in [4.78, 5) is 12.6. The number of carbonyl (C=O) groups excluding carboxylic acids is 1. The second-order valence-corrected chi connectivity index (χ2v) is 6.11. The molecule has 0 aliphatic rings. The molecular weight excluding hydrogens is 270 g/mol. The first-order valence-corrected chi connectivity index (χ1v) is 7.87. The summed E-state index contributed by atoms with van der Waals surface area (Å²) in [6, 6.07) is 12.4. The number of amides is 1. The van der Waals surface area contributed by atoms with Crippen molar-refractivity contribution in [1.29, 1.82) is 0 Å².